The largest absolute Gasteiger partial charge is 0.396 e. The molecule has 20 heavy (non-hydrogen) atoms. The number of benzene rings is 1. The second kappa shape index (κ2) is 6.60. The number of aliphatic hydroxyl groups excluding tert-OH is 1. The number of sulfonamides is 1. The van der Waals surface area contributed by atoms with Crippen LogP contribution in [0.2, 0.25) is 0 Å². The van der Waals surface area contributed by atoms with Gasteiger partial charge in [0.15, 0.2) is 0 Å². The predicted octanol–water partition coefficient (Wildman–Crippen LogP) is 1.09. The maximum atomic E-state index is 12.1. The summed E-state index contributed by atoms with van der Waals surface area (Å²) in [4.78, 5) is 4.26. The molecule has 0 atom stereocenters. The molecule has 0 aliphatic carbocycles. The maximum Gasteiger partial charge on any atom is 0.240 e. The highest BCUT2D eigenvalue weighted by Crippen LogP contribution is 2.11. The third kappa shape index (κ3) is 3.86. The van der Waals surface area contributed by atoms with Gasteiger partial charge in [-0.2, -0.15) is 0 Å². The average molecular weight is 292 g/mol. The molecule has 2 aromatic rings. The van der Waals surface area contributed by atoms with Crippen LogP contribution in [0.25, 0.3) is 0 Å². The number of aliphatic hydroxyl groups is 1. The van der Waals surface area contributed by atoms with Gasteiger partial charge in [0, 0.05) is 12.8 Å². The molecule has 1 aromatic heterocycles. The minimum Gasteiger partial charge on any atom is -0.396 e. The lowest BCUT2D eigenvalue weighted by Crippen LogP contribution is -2.23. The zero-order valence-corrected chi connectivity index (χ0v) is 11.7. The van der Waals surface area contributed by atoms with Crippen molar-refractivity contribution in [3.8, 4) is 0 Å². The number of hydrogen-bond acceptors (Lipinski definition) is 4. The van der Waals surface area contributed by atoms with Gasteiger partial charge in [-0.05, 0) is 36.2 Å². The number of nitrogens with one attached hydrogen (secondary N) is 1. The zero-order valence-electron chi connectivity index (χ0n) is 10.9. The Morgan fingerprint density at radius 2 is 1.85 bits per heavy atom. The van der Waals surface area contributed by atoms with Gasteiger partial charge in [0.1, 0.15) is 0 Å². The van der Waals surface area contributed by atoms with Crippen LogP contribution in [0.15, 0.2) is 53.6 Å². The van der Waals surface area contributed by atoms with E-state index < -0.39 is 10.0 Å². The summed E-state index contributed by atoms with van der Waals surface area (Å²) in [6.07, 6.45) is 2.13. The summed E-state index contributed by atoms with van der Waals surface area (Å²) >= 11 is 0. The van der Waals surface area contributed by atoms with Gasteiger partial charge < -0.3 is 5.11 Å². The van der Waals surface area contributed by atoms with Crippen molar-refractivity contribution < 1.29 is 13.5 Å². The molecule has 2 rings (SSSR count). The molecule has 0 aliphatic heterocycles. The van der Waals surface area contributed by atoms with Crippen LogP contribution in [-0.4, -0.2) is 25.1 Å². The normalized spacial score (nSPS) is 11.4. The van der Waals surface area contributed by atoms with Crippen molar-refractivity contribution in [2.24, 2.45) is 0 Å². The molecular formula is C14H16N2O3S. The smallest absolute Gasteiger partial charge is 0.240 e. The van der Waals surface area contributed by atoms with Gasteiger partial charge in [-0.1, -0.05) is 18.2 Å². The van der Waals surface area contributed by atoms with Gasteiger partial charge in [0.25, 0.3) is 0 Å². The van der Waals surface area contributed by atoms with Crippen molar-refractivity contribution in [3.05, 3.63) is 59.9 Å². The molecular weight excluding hydrogens is 276 g/mol. The first-order chi connectivity index (χ1) is 9.62. The molecule has 0 fully saturated rings. The highest BCUT2D eigenvalue weighted by molar-refractivity contribution is 7.89. The Bertz CT molecular complexity index is 640. The third-order valence-electron chi connectivity index (χ3n) is 2.80. The molecule has 1 heterocycles. The first-order valence-corrected chi connectivity index (χ1v) is 7.69. The van der Waals surface area contributed by atoms with Crippen LogP contribution in [-0.2, 0) is 23.0 Å². The molecule has 0 saturated carbocycles. The fraction of sp³-hybridized carbons (Fsp3) is 0.214. The van der Waals surface area contributed by atoms with E-state index in [-0.39, 0.29) is 18.0 Å². The van der Waals surface area contributed by atoms with E-state index in [1.165, 1.54) is 12.1 Å². The number of rotatable bonds is 6. The fourth-order valence-electron chi connectivity index (χ4n) is 1.72. The average Bonchev–Trinajstić information content (AvgIpc) is 2.47. The Kier molecular flexibility index (Phi) is 4.84. The molecule has 0 amide bonds. The molecule has 6 heteroatoms. The van der Waals surface area contributed by atoms with Crippen LogP contribution >= 0.6 is 0 Å². The summed E-state index contributed by atoms with van der Waals surface area (Å²) < 4.78 is 26.7. The molecule has 0 spiro atoms. The standard InChI is InChI=1S/C14H16N2O3S/c17-10-8-12-4-6-14(7-5-12)20(18,19)16-11-13-3-1-2-9-15-13/h1-7,9,16-17H,8,10-11H2. The summed E-state index contributed by atoms with van der Waals surface area (Å²) in [5.41, 5.74) is 1.56. The van der Waals surface area contributed by atoms with Crippen molar-refractivity contribution >= 4 is 10.0 Å². The van der Waals surface area contributed by atoms with Crippen LogP contribution in [0.4, 0.5) is 0 Å². The second-order valence-electron chi connectivity index (χ2n) is 4.26. The lowest BCUT2D eigenvalue weighted by atomic mass is 10.2. The minimum atomic E-state index is -3.54. The molecule has 0 unspecified atom stereocenters. The quantitative estimate of drug-likeness (QED) is 0.835. The van der Waals surface area contributed by atoms with E-state index in [0.29, 0.717) is 12.1 Å². The maximum absolute atomic E-state index is 12.1. The summed E-state index contributed by atoms with van der Waals surface area (Å²) in [6, 6.07) is 11.8. The van der Waals surface area contributed by atoms with E-state index in [9.17, 15) is 8.42 Å². The Morgan fingerprint density at radius 1 is 1.10 bits per heavy atom. The van der Waals surface area contributed by atoms with Crippen LogP contribution in [0.1, 0.15) is 11.3 Å². The van der Waals surface area contributed by atoms with Crippen molar-refractivity contribution in [1.29, 1.82) is 0 Å². The lowest BCUT2D eigenvalue weighted by molar-refractivity contribution is 0.299. The molecule has 5 nitrogen and oxygen atoms in total. The molecule has 0 bridgehead atoms. The number of hydrogen-bond donors (Lipinski definition) is 2. The van der Waals surface area contributed by atoms with Gasteiger partial charge in [0.2, 0.25) is 10.0 Å². The van der Waals surface area contributed by atoms with E-state index in [1.54, 1.807) is 36.5 Å². The van der Waals surface area contributed by atoms with E-state index in [4.69, 9.17) is 5.11 Å². The molecule has 0 saturated heterocycles. The van der Waals surface area contributed by atoms with Gasteiger partial charge in [0.05, 0.1) is 17.1 Å². The highest BCUT2D eigenvalue weighted by atomic mass is 32.2. The molecule has 0 aliphatic rings. The first-order valence-electron chi connectivity index (χ1n) is 6.21. The summed E-state index contributed by atoms with van der Waals surface area (Å²) in [5, 5.41) is 8.82. The monoisotopic (exact) mass is 292 g/mol. The Balaban J connectivity index is 2.06. The Hall–Kier alpha value is -1.76. The number of aromatic nitrogens is 1. The van der Waals surface area contributed by atoms with Crippen LogP contribution in [0.5, 0.6) is 0 Å². The summed E-state index contributed by atoms with van der Waals surface area (Å²) in [6.45, 7) is 0.200. The van der Waals surface area contributed by atoms with Crippen LogP contribution in [0, 0.1) is 0 Å². The molecule has 1 aromatic carbocycles. The predicted molar refractivity (Wildman–Crippen MR) is 75.5 cm³/mol. The second-order valence-corrected chi connectivity index (χ2v) is 6.03. The third-order valence-corrected chi connectivity index (χ3v) is 4.22. The number of pyridine rings is 1. The van der Waals surface area contributed by atoms with Crippen LogP contribution < -0.4 is 4.72 Å². The van der Waals surface area contributed by atoms with E-state index in [0.717, 1.165) is 5.56 Å². The zero-order chi connectivity index (χ0) is 14.4. The van der Waals surface area contributed by atoms with Crippen molar-refractivity contribution in [2.45, 2.75) is 17.9 Å². The minimum absolute atomic E-state index is 0.0457. The number of nitrogens with zero attached hydrogens (tertiary/aromatic N) is 1. The summed E-state index contributed by atoms with van der Waals surface area (Å²) in [5.74, 6) is 0. The van der Waals surface area contributed by atoms with Crippen molar-refractivity contribution in [3.63, 3.8) is 0 Å². The van der Waals surface area contributed by atoms with Gasteiger partial charge in [-0.3, -0.25) is 4.98 Å². The van der Waals surface area contributed by atoms with Crippen molar-refractivity contribution in [1.82, 2.24) is 9.71 Å². The summed E-state index contributed by atoms with van der Waals surface area (Å²) in [7, 11) is -3.54. The van der Waals surface area contributed by atoms with E-state index in [2.05, 4.69) is 9.71 Å². The van der Waals surface area contributed by atoms with Gasteiger partial charge in [-0.15, -0.1) is 0 Å². The van der Waals surface area contributed by atoms with Crippen molar-refractivity contribution in [2.75, 3.05) is 6.61 Å². The fourth-order valence-corrected chi connectivity index (χ4v) is 2.72. The Labute approximate surface area is 118 Å². The lowest BCUT2D eigenvalue weighted by Gasteiger charge is -2.07. The first kappa shape index (κ1) is 14.6. The topological polar surface area (TPSA) is 79.3 Å². The SMILES string of the molecule is O=S(=O)(NCc1ccccn1)c1ccc(CCO)cc1. The molecule has 106 valence electrons. The van der Waals surface area contributed by atoms with Gasteiger partial charge in [-0.25, -0.2) is 13.1 Å². The Morgan fingerprint density at radius 3 is 2.45 bits per heavy atom. The highest BCUT2D eigenvalue weighted by Gasteiger charge is 2.13. The van der Waals surface area contributed by atoms with Crippen LogP contribution in [0.3, 0.4) is 0 Å². The van der Waals surface area contributed by atoms with Gasteiger partial charge >= 0.3 is 0 Å². The van der Waals surface area contributed by atoms with E-state index >= 15 is 0 Å². The van der Waals surface area contributed by atoms with E-state index in [1.807, 2.05) is 0 Å². The molecule has 0 radical (unpaired) electrons. The molecule has 2 N–H and O–H groups in total.